The second-order valence-corrected chi connectivity index (χ2v) is 9.20. The lowest BCUT2D eigenvalue weighted by atomic mass is 9.97. The molecule has 10 heteroatoms. The van der Waals surface area contributed by atoms with Gasteiger partial charge in [0.15, 0.2) is 0 Å². The summed E-state index contributed by atoms with van der Waals surface area (Å²) in [5.41, 5.74) is -0.999. The van der Waals surface area contributed by atoms with Gasteiger partial charge in [-0.15, -0.1) is 0 Å². The second kappa shape index (κ2) is 8.79. The number of piperidine rings is 1. The zero-order valence-corrected chi connectivity index (χ0v) is 17.1. The summed E-state index contributed by atoms with van der Waals surface area (Å²) in [4.78, 5) is 15.7. The number of nitrogens with zero attached hydrogens (tertiary/aromatic N) is 3. The van der Waals surface area contributed by atoms with E-state index in [-0.39, 0.29) is 29.8 Å². The van der Waals surface area contributed by atoms with Gasteiger partial charge >= 0.3 is 6.18 Å². The highest BCUT2D eigenvalue weighted by atomic mass is 32.2. The standard InChI is InChI=1S/C18H26F3N3O3S/c1-22(2)11-12-23(3)17(25)14-7-9-24(10-8-14)28(26,27)16-6-4-5-15(13-16)18(19,20)21/h4-6,13-14H,7-12H2,1-3H3. The van der Waals surface area contributed by atoms with Gasteiger partial charge in [0.1, 0.15) is 0 Å². The number of hydrogen-bond donors (Lipinski definition) is 0. The van der Waals surface area contributed by atoms with Crippen molar-refractivity contribution in [3.05, 3.63) is 29.8 Å². The molecule has 0 atom stereocenters. The highest BCUT2D eigenvalue weighted by molar-refractivity contribution is 7.89. The van der Waals surface area contributed by atoms with Crippen LogP contribution in [0.4, 0.5) is 13.2 Å². The van der Waals surface area contributed by atoms with Gasteiger partial charge in [0.05, 0.1) is 10.5 Å². The Bertz CT molecular complexity index is 789. The minimum Gasteiger partial charge on any atom is -0.344 e. The third-order valence-corrected chi connectivity index (χ3v) is 6.76. The van der Waals surface area contributed by atoms with Crippen LogP contribution in [0.1, 0.15) is 18.4 Å². The molecule has 1 fully saturated rings. The molecule has 1 aliphatic rings. The number of carbonyl (C=O) groups is 1. The topological polar surface area (TPSA) is 60.9 Å². The van der Waals surface area contributed by atoms with Crippen molar-refractivity contribution < 1.29 is 26.4 Å². The average molecular weight is 421 g/mol. The van der Waals surface area contributed by atoms with Gasteiger partial charge in [-0.2, -0.15) is 17.5 Å². The molecule has 0 spiro atoms. The predicted octanol–water partition coefficient (Wildman–Crippen LogP) is 2.13. The molecule has 1 aliphatic heterocycles. The molecule has 0 radical (unpaired) electrons. The van der Waals surface area contributed by atoms with Crippen LogP contribution in [-0.2, 0) is 21.0 Å². The van der Waals surface area contributed by atoms with E-state index in [4.69, 9.17) is 0 Å². The quantitative estimate of drug-likeness (QED) is 0.706. The molecule has 6 nitrogen and oxygen atoms in total. The maximum atomic E-state index is 12.9. The van der Waals surface area contributed by atoms with Crippen molar-refractivity contribution in [2.45, 2.75) is 23.9 Å². The summed E-state index contributed by atoms with van der Waals surface area (Å²) >= 11 is 0. The lowest BCUT2D eigenvalue weighted by Crippen LogP contribution is -2.44. The number of hydrogen-bond acceptors (Lipinski definition) is 4. The molecular weight excluding hydrogens is 395 g/mol. The first-order valence-electron chi connectivity index (χ1n) is 9.00. The number of benzene rings is 1. The molecule has 1 aromatic rings. The highest BCUT2D eigenvalue weighted by Crippen LogP contribution is 2.32. The van der Waals surface area contributed by atoms with Crippen molar-refractivity contribution in [1.82, 2.24) is 14.1 Å². The summed E-state index contributed by atoms with van der Waals surface area (Å²) in [6.45, 7) is 1.52. The lowest BCUT2D eigenvalue weighted by molar-refractivity contribution is -0.138. The minimum absolute atomic E-state index is 0.0297. The molecule has 0 unspecified atom stereocenters. The van der Waals surface area contributed by atoms with Crippen LogP contribution in [0, 0.1) is 5.92 Å². The average Bonchev–Trinajstić information content (AvgIpc) is 2.65. The van der Waals surface area contributed by atoms with Crippen molar-refractivity contribution in [2.75, 3.05) is 47.3 Å². The van der Waals surface area contributed by atoms with Gasteiger partial charge in [0.2, 0.25) is 15.9 Å². The fourth-order valence-electron chi connectivity index (χ4n) is 3.10. The van der Waals surface area contributed by atoms with Gasteiger partial charge in [-0.3, -0.25) is 4.79 Å². The summed E-state index contributed by atoms with van der Waals surface area (Å²) in [5, 5.41) is 0. The van der Waals surface area contributed by atoms with Crippen LogP contribution in [-0.4, -0.2) is 75.8 Å². The summed E-state index contributed by atoms with van der Waals surface area (Å²) in [5.74, 6) is -0.307. The van der Waals surface area contributed by atoms with Crippen LogP contribution in [0.5, 0.6) is 0 Å². The van der Waals surface area contributed by atoms with Gasteiger partial charge in [-0.25, -0.2) is 8.42 Å². The normalized spacial score (nSPS) is 17.1. The van der Waals surface area contributed by atoms with Crippen LogP contribution in [0.3, 0.4) is 0 Å². The minimum atomic E-state index is -4.61. The van der Waals surface area contributed by atoms with Crippen LogP contribution in [0.2, 0.25) is 0 Å². The molecule has 0 N–H and O–H groups in total. The lowest BCUT2D eigenvalue weighted by Gasteiger charge is -2.32. The Morgan fingerprint density at radius 3 is 2.29 bits per heavy atom. The number of carbonyl (C=O) groups excluding carboxylic acids is 1. The Kier molecular flexibility index (Phi) is 7.11. The van der Waals surface area contributed by atoms with E-state index in [9.17, 15) is 26.4 Å². The Labute approximate surface area is 164 Å². The highest BCUT2D eigenvalue weighted by Gasteiger charge is 2.35. The Morgan fingerprint density at radius 2 is 1.75 bits per heavy atom. The first-order valence-corrected chi connectivity index (χ1v) is 10.4. The van der Waals surface area contributed by atoms with Crippen LogP contribution < -0.4 is 0 Å². The number of likely N-dealkylation sites (N-methyl/N-ethyl adjacent to an activating group) is 2. The Balaban J connectivity index is 2.03. The summed E-state index contributed by atoms with van der Waals surface area (Å²) < 4.78 is 65.2. The maximum absolute atomic E-state index is 12.9. The molecule has 0 aliphatic carbocycles. The second-order valence-electron chi connectivity index (χ2n) is 7.27. The third kappa shape index (κ3) is 5.45. The predicted molar refractivity (Wildman–Crippen MR) is 99.1 cm³/mol. The van der Waals surface area contributed by atoms with Crippen molar-refractivity contribution in [3.8, 4) is 0 Å². The SMILES string of the molecule is CN(C)CCN(C)C(=O)C1CCN(S(=O)(=O)c2cccc(C(F)(F)F)c2)CC1. The smallest absolute Gasteiger partial charge is 0.344 e. The van der Waals surface area contributed by atoms with Gasteiger partial charge in [-0.1, -0.05) is 6.07 Å². The molecule has 1 heterocycles. The van der Waals surface area contributed by atoms with Crippen molar-refractivity contribution in [1.29, 1.82) is 0 Å². The summed E-state index contributed by atoms with van der Waals surface area (Å²) in [6.07, 6.45) is -3.91. The summed E-state index contributed by atoms with van der Waals surface area (Å²) in [6, 6.07) is 3.75. The molecule has 2 rings (SSSR count). The van der Waals surface area contributed by atoms with E-state index in [2.05, 4.69) is 0 Å². The molecule has 0 aromatic heterocycles. The number of amides is 1. The third-order valence-electron chi connectivity index (χ3n) is 4.86. The zero-order valence-electron chi connectivity index (χ0n) is 16.2. The summed E-state index contributed by atoms with van der Waals surface area (Å²) in [7, 11) is 1.51. The van der Waals surface area contributed by atoms with E-state index in [0.717, 1.165) is 29.0 Å². The first kappa shape index (κ1) is 22.6. The molecule has 0 saturated carbocycles. The number of halogens is 3. The van der Waals surface area contributed by atoms with E-state index in [1.807, 2.05) is 19.0 Å². The fourth-order valence-corrected chi connectivity index (χ4v) is 4.61. The molecule has 158 valence electrons. The van der Waals surface area contributed by atoms with Crippen LogP contribution >= 0.6 is 0 Å². The monoisotopic (exact) mass is 421 g/mol. The van der Waals surface area contributed by atoms with E-state index in [1.165, 1.54) is 0 Å². The molecule has 1 amide bonds. The van der Waals surface area contributed by atoms with E-state index in [1.54, 1.807) is 11.9 Å². The van der Waals surface area contributed by atoms with Gasteiger partial charge in [-0.05, 0) is 45.1 Å². The molecule has 0 bridgehead atoms. The zero-order chi connectivity index (χ0) is 21.1. The van der Waals surface area contributed by atoms with Gasteiger partial charge in [0.25, 0.3) is 0 Å². The molecule has 28 heavy (non-hydrogen) atoms. The van der Waals surface area contributed by atoms with Crippen molar-refractivity contribution in [2.24, 2.45) is 5.92 Å². The Hall–Kier alpha value is -1.65. The largest absolute Gasteiger partial charge is 0.416 e. The van der Waals surface area contributed by atoms with E-state index >= 15 is 0 Å². The van der Waals surface area contributed by atoms with Crippen molar-refractivity contribution >= 4 is 15.9 Å². The van der Waals surface area contributed by atoms with Crippen molar-refractivity contribution in [3.63, 3.8) is 0 Å². The number of alkyl halides is 3. The van der Waals surface area contributed by atoms with Gasteiger partial charge in [0, 0.05) is 39.1 Å². The number of sulfonamides is 1. The number of rotatable bonds is 6. The van der Waals surface area contributed by atoms with E-state index in [0.29, 0.717) is 25.5 Å². The molecule has 1 aromatic carbocycles. The molecular formula is C18H26F3N3O3S. The Morgan fingerprint density at radius 1 is 1.14 bits per heavy atom. The van der Waals surface area contributed by atoms with Crippen LogP contribution in [0.25, 0.3) is 0 Å². The van der Waals surface area contributed by atoms with Crippen LogP contribution in [0.15, 0.2) is 29.2 Å². The molecule has 1 saturated heterocycles. The van der Waals surface area contributed by atoms with E-state index < -0.39 is 21.8 Å². The maximum Gasteiger partial charge on any atom is 0.416 e. The van der Waals surface area contributed by atoms with Gasteiger partial charge < -0.3 is 9.80 Å². The fraction of sp³-hybridized carbons (Fsp3) is 0.611. The first-order chi connectivity index (χ1) is 12.9.